The van der Waals surface area contributed by atoms with E-state index in [4.69, 9.17) is 4.74 Å². The van der Waals surface area contributed by atoms with E-state index in [1.165, 1.54) is 13.8 Å². The number of benzene rings is 1. The van der Waals surface area contributed by atoms with Crippen molar-refractivity contribution in [1.29, 1.82) is 0 Å². The highest BCUT2D eigenvalue weighted by molar-refractivity contribution is 5.98. The number of imide groups is 1. The van der Waals surface area contributed by atoms with Crippen LogP contribution in [-0.4, -0.2) is 46.7 Å². The van der Waals surface area contributed by atoms with Gasteiger partial charge in [-0.3, -0.25) is 4.79 Å². The van der Waals surface area contributed by atoms with Crippen LogP contribution in [0.3, 0.4) is 0 Å². The van der Waals surface area contributed by atoms with Gasteiger partial charge in [-0.1, -0.05) is 37.3 Å². The van der Waals surface area contributed by atoms with Gasteiger partial charge in [0.2, 0.25) is 5.91 Å². The molecule has 1 aliphatic heterocycles. The molecule has 1 unspecified atom stereocenters. The Bertz CT molecular complexity index is 642. The lowest BCUT2D eigenvalue weighted by molar-refractivity contribution is -0.170. The van der Waals surface area contributed by atoms with Crippen molar-refractivity contribution in [3.05, 3.63) is 35.9 Å². The standard InChI is InChI=1S/C17H21NO6/c1-10(17(3,22)15(20)23-4)14(19)18-11(2)13(24-16(18)21)12-8-6-5-7-9-12/h5-11,13,22H,1-4H3/t10-,11+,13+,17?/m1/s1. The molecule has 1 aliphatic rings. The molecule has 0 radical (unpaired) electrons. The second kappa shape index (κ2) is 6.60. The summed E-state index contributed by atoms with van der Waals surface area (Å²) in [5.74, 6) is -2.81. The van der Waals surface area contributed by atoms with Crippen LogP contribution in [0.5, 0.6) is 0 Å². The zero-order chi connectivity index (χ0) is 18.1. The third-order valence-corrected chi connectivity index (χ3v) is 4.45. The Morgan fingerprint density at radius 3 is 2.46 bits per heavy atom. The summed E-state index contributed by atoms with van der Waals surface area (Å²) in [5.41, 5.74) is -1.28. The molecule has 0 spiro atoms. The number of carbonyl (C=O) groups is 3. The Morgan fingerprint density at radius 2 is 1.92 bits per heavy atom. The van der Waals surface area contributed by atoms with Crippen LogP contribution >= 0.6 is 0 Å². The minimum atomic E-state index is -2.04. The highest BCUT2D eigenvalue weighted by Gasteiger charge is 2.50. The van der Waals surface area contributed by atoms with Crippen LogP contribution in [0.15, 0.2) is 30.3 Å². The van der Waals surface area contributed by atoms with E-state index < -0.39 is 41.6 Å². The molecule has 0 aromatic heterocycles. The van der Waals surface area contributed by atoms with Gasteiger partial charge in [-0.2, -0.15) is 0 Å². The van der Waals surface area contributed by atoms with Crippen molar-refractivity contribution >= 4 is 18.0 Å². The van der Waals surface area contributed by atoms with Crippen molar-refractivity contribution in [2.45, 2.75) is 38.5 Å². The van der Waals surface area contributed by atoms with Crippen LogP contribution in [0, 0.1) is 5.92 Å². The number of nitrogens with zero attached hydrogens (tertiary/aromatic N) is 1. The molecule has 0 saturated carbocycles. The summed E-state index contributed by atoms with van der Waals surface area (Å²) < 4.78 is 9.83. The average molecular weight is 335 g/mol. The molecule has 7 nitrogen and oxygen atoms in total. The lowest BCUT2D eigenvalue weighted by Crippen LogP contribution is -2.52. The molecule has 1 fully saturated rings. The number of hydrogen-bond donors (Lipinski definition) is 1. The second-order valence-corrected chi connectivity index (χ2v) is 6.02. The van der Waals surface area contributed by atoms with Crippen LogP contribution in [0.4, 0.5) is 4.79 Å². The Kier molecular flexibility index (Phi) is 4.94. The first-order valence-electron chi connectivity index (χ1n) is 7.61. The third-order valence-electron chi connectivity index (χ3n) is 4.45. The minimum Gasteiger partial charge on any atom is -0.467 e. The summed E-state index contributed by atoms with van der Waals surface area (Å²) in [4.78, 5) is 37.5. The second-order valence-electron chi connectivity index (χ2n) is 6.02. The Morgan fingerprint density at radius 1 is 1.33 bits per heavy atom. The zero-order valence-electron chi connectivity index (χ0n) is 14.1. The average Bonchev–Trinajstić information content (AvgIpc) is 2.87. The maximum absolute atomic E-state index is 12.7. The Balaban J connectivity index is 2.24. The molecule has 1 aromatic carbocycles. The number of cyclic esters (lactones) is 1. The van der Waals surface area contributed by atoms with Crippen LogP contribution in [0.25, 0.3) is 0 Å². The smallest absolute Gasteiger partial charge is 0.417 e. The zero-order valence-corrected chi connectivity index (χ0v) is 14.1. The molecule has 2 amide bonds. The molecule has 0 aliphatic carbocycles. The van der Waals surface area contributed by atoms with Gasteiger partial charge in [-0.15, -0.1) is 0 Å². The van der Waals surface area contributed by atoms with E-state index in [0.29, 0.717) is 0 Å². The van der Waals surface area contributed by atoms with Gasteiger partial charge in [-0.25, -0.2) is 14.5 Å². The van der Waals surface area contributed by atoms with Gasteiger partial charge < -0.3 is 14.6 Å². The van der Waals surface area contributed by atoms with Crippen molar-refractivity contribution in [2.75, 3.05) is 7.11 Å². The normalized spacial score (nSPS) is 24.0. The quantitative estimate of drug-likeness (QED) is 0.841. The number of carbonyl (C=O) groups excluding carboxylic acids is 3. The van der Waals surface area contributed by atoms with E-state index in [1.54, 1.807) is 19.1 Å². The maximum atomic E-state index is 12.7. The summed E-state index contributed by atoms with van der Waals surface area (Å²) >= 11 is 0. The molecule has 4 atom stereocenters. The van der Waals surface area contributed by atoms with Gasteiger partial charge in [0.15, 0.2) is 5.60 Å². The van der Waals surface area contributed by atoms with Gasteiger partial charge in [-0.05, 0) is 19.4 Å². The summed E-state index contributed by atoms with van der Waals surface area (Å²) in [6.07, 6.45) is -1.40. The summed E-state index contributed by atoms with van der Waals surface area (Å²) in [7, 11) is 1.12. The van der Waals surface area contributed by atoms with Gasteiger partial charge in [0.25, 0.3) is 0 Å². The van der Waals surface area contributed by atoms with Crippen LogP contribution in [0.2, 0.25) is 0 Å². The molecule has 1 aromatic rings. The highest BCUT2D eigenvalue weighted by Crippen LogP contribution is 2.34. The number of ether oxygens (including phenoxy) is 2. The van der Waals surface area contributed by atoms with Crippen LogP contribution in [-0.2, 0) is 19.1 Å². The van der Waals surface area contributed by atoms with Crippen LogP contribution < -0.4 is 0 Å². The van der Waals surface area contributed by atoms with E-state index in [-0.39, 0.29) is 0 Å². The first-order chi connectivity index (χ1) is 11.2. The fourth-order valence-electron chi connectivity index (χ4n) is 2.68. The highest BCUT2D eigenvalue weighted by atomic mass is 16.6. The Hall–Kier alpha value is -2.41. The summed E-state index contributed by atoms with van der Waals surface area (Å²) in [5, 5.41) is 10.3. The predicted molar refractivity (Wildman–Crippen MR) is 83.8 cm³/mol. The van der Waals surface area contributed by atoms with E-state index in [2.05, 4.69) is 4.74 Å². The maximum Gasteiger partial charge on any atom is 0.417 e. The molecule has 130 valence electrons. The van der Waals surface area contributed by atoms with Crippen molar-refractivity contribution in [1.82, 2.24) is 4.90 Å². The number of amides is 2. The lowest BCUT2D eigenvalue weighted by Gasteiger charge is -2.29. The van der Waals surface area contributed by atoms with Crippen molar-refractivity contribution in [2.24, 2.45) is 5.92 Å². The molecule has 1 N–H and O–H groups in total. The number of methoxy groups -OCH3 is 1. The Labute approximate surface area is 140 Å². The minimum absolute atomic E-state index is 0.566. The van der Waals surface area contributed by atoms with E-state index in [1.807, 2.05) is 18.2 Å². The van der Waals surface area contributed by atoms with E-state index in [0.717, 1.165) is 17.6 Å². The van der Waals surface area contributed by atoms with Crippen molar-refractivity contribution in [3.63, 3.8) is 0 Å². The summed E-state index contributed by atoms with van der Waals surface area (Å²) in [6.45, 7) is 4.23. The molecule has 1 saturated heterocycles. The first-order valence-corrected chi connectivity index (χ1v) is 7.61. The summed E-state index contributed by atoms with van der Waals surface area (Å²) in [6, 6.07) is 8.50. The molecule has 0 bridgehead atoms. The largest absolute Gasteiger partial charge is 0.467 e. The van der Waals surface area contributed by atoms with Gasteiger partial charge in [0, 0.05) is 0 Å². The number of hydrogen-bond acceptors (Lipinski definition) is 6. The molecular formula is C17H21NO6. The molecule has 2 rings (SSSR count). The lowest BCUT2D eigenvalue weighted by atomic mass is 9.89. The van der Waals surface area contributed by atoms with Crippen LogP contribution in [0.1, 0.15) is 32.4 Å². The molecular weight excluding hydrogens is 314 g/mol. The molecule has 1 heterocycles. The van der Waals surface area contributed by atoms with Gasteiger partial charge >= 0.3 is 12.1 Å². The SMILES string of the molecule is COC(=O)C(C)(O)[C@H](C)C(=O)N1C(=O)O[C@H](c2ccccc2)[C@@H]1C. The molecule has 24 heavy (non-hydrogen) atoms. The van der Waals surface area contributed by atoms with Gasteiger partial charge in [0.05, 0.1) is 19.1 Å². The number of rotatable bonds is 4. The first kappa shape index (κ1) is 17.9. The van der Waals surface area contributed by atoms with Gasteiger partial charge in [0.1, 0.15) is 6.10 Å². The van der Waals surface area contributed by atoms with Crippen molar-refractivity contribution < 1.29 is 29.0 Å². The van der Waals surface area contributed by atoms with Crippen molar-refractivity contribution in [3.8, 4) is 0 Å². The number of aliphatic hydroxyl groups is 1. The fraction of sp³-hybridized carbons (Fsp3) is 0.471. The number of esters is 1. The topological polar surface area (TPSA) is 93.1 Å². The molecule has 7 heteroatoms. The third kappa shape index (κ3) is 2.99. The predicted octanol–water partition coefficient (Wildman–Crippen LogP) is 1.66. The monoisotopic (exact) mass is 335 g/mol. The van der Waals surface area contributed by atoms with E-state index >= 15 is 0 Å². The fourth-order valence-corrected chi connectivity index (χ4v) is 2.68. The van der Waals surface area contributed by atoms with E-state index in [9.17, 15) is 19.5 Å².